The molecule has 0 bridgehead atoms. The summed E-state index contributed by atoms with van der Waals surface area (Å²) in [7, 11) is 0.220. The average molecular weight is 565 g/mol. The van der Waals surface area contributed by atoms with E-state index in [0.29, 0.717) is 0 Å². The van der Waals surface area contributed by atoms with Crippen LogP contribution in [0.2, 0.25) is 0 Å². The van der Waals surface area contributed by atoms with Gasteiger partial charge in [0.2, 0.25) is 0 Å². The van der Waals surface area contributed by atoms with E-state index in [4.69, 9.17) is 0 Å². The molecule has 24 heavy (non-hydrogen) atoms. The van der Waals surface area contributed by atoms with E-state index in [2.05, 4.69) is 92.5 Å². The smallest absolute Gasteiger partial charge is 1.00 e. The van der Waals surface area contributed by atoms with Gasteiger partial charge < -0.3 is 37.2 Å². The monoisotopic (exact) mass is 565 g/mol. The molecular weight excluding hydrogens is 544 g/mol. The van der Waals surface area contributed by atoms with E-state index >= 15 is 0 Å². The average Bonchev–Trinajstić information content (AvgIpc) is 2.95. The molecule has 0 saturated heterocycles. The molecule has 0 N–H and O–H groups in total. The Morgan fingerprint density at radius 1 is 0.833 bits per heavy atom. The standard InChI is InChI=1S/C10H14P.C9H7.3ClH.Hf/c1-11(2)9-8-10-6-4-3-5-7-10;1-2-5-9-7-3-6-8(9)4-1;;;;/h3-8H,9H2,1-2H3;1-7H;3*1H;/q2*-1;;;;+4/p-3. The summed E-state index contributed by atoms with van der Waals surface area (Å²) >= 11 is 0. The number of hydrogen-bond acceptors (Lipinski definition) is 0. The molecule has 128 valence electrons. The van der Waals surface area contributed by atoms with Crippen molar-refractivity contribution in [2.24, 2.45) is 0 Å². The van der Waals surface area contributed by atoms with Crippen LogP contribution < -0.4 is 37.2 Å². The molecule has 3 rings (SSSR count). The molecule has 0 radical (unpaired) electrons. The maximum absolute atomic E-state index is 2.31. The van der Waals surface area contributed by atoms with E-state index in [1.807, 2.05) is 0 Å². The minimum Gasteiger partial charge on any atom is -1.00 e. The Morgan fingerprint density at radius 2 is 1.42 bits per heavy atom. The van der Waals surface area contributed by atoms with Crippen LogP contribution in [-0.4, -0.2) is 19.5 Å². The molecule has 0 atom stereocenters. The molecule has 5 heteroatoms. The van der Waals surface area contributed by atoms with Gasteiger partial charge in [-0.3, -0.25) is 0 Å². The number of halogens is 3. The second-order valence-electron chi connectivity index (χ2n) is 5.03. The summed E-state index contributed by atoms with van der Waals surface area (Å²) in [6.07, 6.45) is 3.55. The van der Waals surface area contributed by atoms with Gasteiger partial charge in [0.25, 0.3) is 0 Å². The molecule has 3 aromatic carbocycles. The quantitative estimate of drug-likeness (QED) is 0.176. The summed E-state index contributed by atoms with van der Waals surface area (Å²) in [6.45, 7) is 4.60. The van der Waals surface area contributed by atoms with Gasteiger partial charge in [-0.15, -0.1) is 49.7 Å². The van der Waals surface area contributed by atoms with E-state index in [1.54, 1.807) is 0 Å². The third-order valence-electron chi connectivity index (χ3n) is 3.04. The fourth-order valence-electron chi connectivity index (χ4n) is 1.95. The van der Waals surface area contributed by atoms with E-state index in [-0.39, 0.29) is 71.0 Å². The summed E-state index contributed by atoms with van der Waals surface area (Å²) in [5, 5.41) is 2.66. The van der Waals surface area contributed by atoms with Gasteiger partial charge in [0, 0.05) is 0 Å². The molecule has 0 fully saturated rings. The van der Waals surface area contributed by atoms with Crippen molar-refractivity contribution in [2.45, 2.75) is 0 Å². The summed E-state index contributed by atoms with van der Waals surface area (Å²) in [6, 6.07) is 25.2. The Labute approximate surface area is 184 Å². The van der Waals surface area contributed by atoms with Gasteiger partial charge in [-0.05, 0) is 13.3 Å². The van der Waals surface area contributed by atoms with Gasteiger partial charge in [0.15, 0.2) is 0 Å². The molecule has 0 saturated carbocycles. The van der Waals surface area contributed by atoms with Crippen molar-refractivity contribution < 1.29 is 63.1 Å². The van der Waals surface area contributed by atoms with Crippen LogP contribution in [-0.2, 0) is 25.8 Å². The Balaban J connectivity index is -0.000000318. The van der Waals surface area contributed by atoms with Crippen molar-refractivity contribution in [3.05, 3.63) is 84.8 Å². The SMILES string of the molecule is CP(C)C[CH-]c1ccccc1.[Cl-].[Cl-].[Cl-].[Hf+4].c1ccc2[cH-]ccc2c1. The third-order valence-corrected chi connectivity index (χ3v) is 3.95. The van der Waals surface area contributed by atoms with E-state index in [1.165, 1.54) is 22.5 Å². The first-order chi connectivity index (χ1) is 9.75. The molecule has 3 aromatic rings. The maximum atomic E-state index is 2.31. The Morgan fingerprint density at radius 3 is 2.00 bits per heavy atom. The molecule has 0 amide bonds. The van der Waals surface area contributed by atoms with Gasteiger partial charge in [0.1, 0.15) is 0 Å². The Kier molecular flexibility index (Phi) is 19.9. The van der Waals surface area contributed by atoms with Gasteiger partial charge in [-0.1, -0.05) is 18.3 Å². The fraction of sp³-hybridized carbons (Fsp3) is 0.158. The van der Waals surface area contributed by atoms with Crippen LogP contribution in [0.1, 0.15) is 5.56 Å². The molecule has 0 heterocycles. The molecular formula is C19H21Cl3HfP-. The summed E-state index contributed by atoms with van der Waals surface area (Å²) in [4.78, 5) is 0. The normalized spacial score (nSPS) is 8.46. The van der Waals surface area contributed by atoms with Gasteiger partial charge in [0.05, 0.1) is 0 Å². The zero-order valence-electron chi connectivity index (χ0n) is 13.8. The van der Waals surface area contributed by atoms with Crippen molar-refractivity contribution >= 4 is 18.7 Å². The van der Waals surface area contributed by atoms with E-state index < -0.39 is 0 Å². The minimum absolute atomic E-state index is 0. The molecule has 0 aliphatic carbocycles. The largest absolute Gasteiger partial charge is 4.00 e. The number of fused-ring (bicyclic) bond motifs is 1. The predicted molar refractivity (Wildman–Crippen MR) is 93.0 cm³/mol. The number of benzene rings is 2. The summed E-state index contributed by atoms with van der Waals surface area (Å²) in [5.41, 5.74) is 1.35. The summed E-state index contributed by atoms with van der Waals surface area (Å²) in [5.74, 6) is 0. The Bertz CT molecular complexity index is 596. The van der Waals surface area contributed by atoms with Gasteiger partial charge in [-0.25, -0.2) is 0 Å². The van der Waals surface area contributed by atoms with Crippen LogP contribution in [0.4, 0.5) is 0 Å². The van der Waals surface area contributed by atoms with E-state index in [9.17, 15) is 0 Å². The van der Waals surface area contributed by atoms with Crippen molar-refractivity contribution in [2.75, 3.05) is 19.5 Å². The first-order valence-corrected chi connectivity index (χ1v) is 9.31. The topological polar surface area (TPSA) is 0 Å². The van der Waals surface area contributed by atoms with Crippen LogP contribution >= 0.6 is 7.92 Å². The molecule has 0 spiro atoms. The second kappa shape index (κ2) is 16.6. The zero-order valence-corrected chi connectivity index (χ0v) is 20.5. The van der Waals surface area contributed by atoms with Crippen molar-refractivity contribution in [3.8, 4) is 0 Å². The van der Waals surface area contributed by atoms with E-state index in [0.717, 1.165) is 0 Å². The number of hydrogen-bond donors (Lipinski definition) is 0. The molecule has 0 nitrogen and oxygen atoms in total. The third kappa shape index (κ3) is 10.9. The zero-order chi connectivity index (χ0) is 14.2. The van der Waals surface area contributed by atoms with Crippen LogP contribution in [0.3, 0.4) is 0 Å². The predicted octanol–water partition coefficient (Wildman–Crippen LogP) is -3.45. The fourth-order valence-corrected chi connectivity index (χ4v) is 2.52. The van der Waals surface area contributed by atoms with Crippen molar-refractivity contribution in [1.29, 1.82) is 0 Å². The van der Waals surface area contributed by atoms with Crippen molar-refractivity contribution in [1.82, 2.24) is 0 Å². The van der Waals surface area contributed by atoms with Gasteiger partial charge in [-0.2, -0.15) is 41.6 Å². The second-order valence-corrected chi connectivity index (χ2v) is 7.56. The van der Waals surface area contributed by atoms with Crippen LogP contribution in [0.25, 0.3) is 10.8 Å². The van der Waals surface area contributed by atoms with Gasteiger partial charge >= 0.3 is 25.8 Å². The van der Waals surface area contributed by atoms with Crippen LogP contribution in [0.5, 0.6) is 0 Å². The minimum atomic E-state index is 0. The maximum Gasteiger partial charge on any atom is 4.00 e. The first kappa shape index (κ1) is 28.9. The molecule has 0 unspecified atom stereocenters. The molecule has 0 aliphatic rings. The molecule has 0 aliphatic heterocycles. The van der Waals surface area contributed by atoms with Crippen LogP contribution in [0, 0.1) is 6.42 Å². The Hall–Kier alpha value is 0.0901. The number of rotatable bonds is 3. The van der Waals surface area contributed by atoms with Crippen LogP contribution in [0.15, 0.2) is 72.8 Å². The van der Waals surface area contributed by atoms with Crippen molar-refractivity contribution in [3.63, 3.8) is 0 Å². The first-order valence-electron chi connectivity index (χ1n) is 6.89. The molecule has 0 aromatic heterocycles. The summed E-state index contributed by atoms with van der Waals surface area (Å²) < 4.78 is 0.